The topological polar surface area (TPSA) is 46.1 Å². The lowest BCUT2D eigenvalue weighted by molar-refractivity contribution is -0.128. The molecule has 2 aromatic rings. The Morgan fingerprint density at radius 1 is 1.30 bits per heavy atom. The zero-order valence-corrected chi connectivity index (χ0v) is 14.3. The number of hydrogen-bond acceptors (Lipinski definition) is 4. The van der Waals surface area contributed by atoms with Crippen molar-refractivity contribution in [3.05, 3.63) is 47.1 Å². The summed E-state index contributed by atoms with van der Waals surface area (Å²) in [7, 11) is 0. The van der Waals surface area contributed by atoms with Crippen molar-refractivity contribution in [1.82, 2.24) is 14.9 Å². The van der Waals surface area contributed by atoms with Gasteiger partial charge in [-0.15, -0.1) is 22.9 Å². The van der Waals surface area contributed by atoms with E-state index in [1.54, 1.807) is 28.6 Å². The molecular formula is C17H18ClN3OS. The molecule has 0 N–H and O–H groups in total. The summed E-state index contributed by atoms with van der Waals surface area (Å²) in [6.07, 6.45) is 9.16. The van der Waals surface area contributed by atoms with Gasteiger partial charge in [0.25, 0.3) is 0 Å². The van der Waals surface area contributed by atoms with Crippen molar-refractivity contribution in [2.75, 3.05) is 12.4 Å². The van der Waals surface area contributed by atoms with Crippen LogP contribution < -0.4 is 0 Å². The standard InChI is InChI=1S/C17H18ClN3OS/c18-8-16(22)21(11-13-4-1-2-5-13)12-14-9-19-17(20-10-14)15-6-3-7-23-15/h3-4,6-7,9-10H,1-2,5,8,11-12H2. The molecule has 0 aromatic carbocycles. The number of carbonyl (C=O) groups is 1. The Bertz CT molecular complexity index is 682. The van der Waals surface area contributed by atoms with Crippen molar-refractivity contribution in [1.29, 1.82) is 0 Å². The molecule has 1 aliphatic rings. The number of halogens is 1. The Hall–Kier alpha value is -1.72. The molecule has 0 unspecified atom stereocenters. The molecule has 3 rings (SSSR count). The molecular weight excluding hydrogens is 330 g/mol. The first-order valence-corrected chi connectivity index (χ1v) is 9.04. The maximum absolute atomic E-state index is 12.1. The van der Waals surface area contributed by atoms with Gasteiger partial charge in [0.15, 0.2) is 5.82 Å². The maximum Gasteiger partial charge on any atom is 0.238 e. The lowest BCUT2D eigenvalue weighted by Gasteiger charge is -2.22. The number of hydrogen-bond donors (Lipinski definition) is 0. The monoisotopic (exact) mass is 347 g/mol. The number of aromatic nitrogens is 2. The van der Waals surface area contributed by atoms with Gasteiger partial charge >= 0.3 is 0 Å². The summed E-state index contributed by atoms with van der Waals surface area (Å²) < 4.78 is 0. The molecule has 0 atom stereocenters. The number of rotatable bonds is 6. The molecule has 23 heavy (non-hydrogen) atoms. The van der Waals surface area contributed by atoms with Crippen LogP contribution >= 0.6 is 22.9 Å². The molecule has 0 saturated heterocycles. The van der Waals surface area contributed by atoms with E-state index in [-0.39, 0.29) is 11.8 Å². The predicted molar refractivity (Wildman–Crippen MR) is 93.4 cm³/mol. The molecule has 2 aromatic heterocycles. The third kappa shape index (κ3) is 4.18. The number of alkyl halides is 1. The lowest BCUT2D eigenvalue weighted by Crippen LogP contribution is -2.33. The molecule has 4 nitrogen and oxygen atoms in total. The Kier molecular flexibility index (Phi) is 5.41. The highest BCUT2D eigenvalue weighted by Gasteiger charge is 2.17. The highest BCUT2D eigenvalue weighted by Crippen LogP contribution is 2.22. The highest BCUT2D eigenvalue weighted by molar-refractivity contribution is 7.13. The van der Waals surface area contributed by atoms with Gasteiger partial charge in [-0.1, -0.05) is 17.7 Å². The molecule has 2 heterocycles. The van der Waals surface area contributed by atoms with Crippen LogP contribution in [-0.2, 0) is 11.3 Å². The van der Waals surface area contributed by atoms with Crippen LogP contribution in [0, 0.1) is 0 Å². The van der Waals surface area contributed by atoms with Crippen molar-refractivity contribution in [3.63, 3.8) is 0 Å². The van der Waals surface area contributed by atoms with Gasteiger partial charge in [-0.05, 0) is 30.7 Å². The van der Waals surface area contributed by atoms with Crippen LogP contribution in [0.1, 0.15) is 24.8 Å². The maximum atomic E-state index is 12.1. The first kappa shape index (κ1) is 16.1. The van der Waals surface area contributed by atoms with Crippen molar-refractivity contribution < 1.29 is 4.79 Å². The van der Waals surface area contributed by atoms with Crippen molar-refractivity contribution in [2.45, 2.75) is 25.8 Å². The molecule has 0 radical (unpaired) electrons. The molecule has 0 bridgehead atoms. The average Bonchev–Trinajstić information content (AvgIpc) is 3.28. The number of carbonyl (C=O) groups excluding carboxylic acids is 1. The molecule has 0 fully saturated rings. The zero-order chi connectivity index (χ0) is 16.1. The number of amides is 1. The van der Waals surface area contributed by atoms with E-state index < -0.39 is 0 Å². The molecule has 0 spiro atoms. The third-order valence-corrected chi connectivity index (χ3v) is 4.91. The van der Waals surface area contributed by atoms with Crippen LogP contribution in [0.15, 0.2) is 41.6 Å². The van der Waals surface area contributed by atoms with Gasteiger partial charge < -0.3 is 4.90 Å². The van der Waals surface area contributed by atoms with Crippen LogP contribution in [0.25, 0.3) is 10.7 Å². The number of thiophene rings is 1. The van der Waals surface area contributed by atoms with Gasteiger partial charge in [-0.3, -0.25) is 4.79 Å². The van der Waals surface area contributed by atoms with Gasteiger partial charge in [-0.25, -0.2) is 9.97 Å². The van der Waals surface area contributed by atoms with Gasteiger partial charge in [0.1, 0.15) is 5.88 Å². The largest absolute Gasteiger partial charge is 0.333 e. The minimum Gasteiger partial charge on any atom is -0.333 e. The van der Waals surface area contributed by atoms with Crippen molar-refractivity contribution in [3.8, 4) is 10.7 Å². The number of nitrogens with zero attached hydrogens (tertiary/aromatic N) is 3. The van der Waals surface area contributed by atoms with E-state index >= 15 is 0 Å². The fourth-order valence-corrected chi connectivity index (χ4v) is 3.47. The van der Waals surface area contributed by atoms with Crippen molar-refractivity contribution >= 4 is 28.8 Å². The SMILES string of the molecule is O=C(CCl)N(CC1=CCCC1)Cc1cnc(-c2cccs2)nc1. The van der Waals surface area contributed by atoms with Crippen LogP contribution in [0.3, 0.4) is 0 Å². The second kappa shape index (κ2) is 7.70. The molecule has 6 heteroatoms. The molecule has 0 saturated carbocycles. The average molecular weight is 348 g/mol. The van der Waals surface area contributed by atoms with Gasteiger partial charge in [-0.2, -0.15) is 0 Å². The fourth-order valence-electron chi connectivity index (χ4n) is 2.63. The number of allylic oxidation sites excluding steroid dienone is 1. The summed E-state index contributed by atoms with van der Waals surface area (Å²) in [5, 5.41) is 2.00. The highest BCUT2D eigenvalue weighted by atomic mass is 35.5. The summed E-state index contributed by atoms with van der Waals surface area (Å²) in [6.45, 7) is 1.14. The van der Waals surface area contributed by atoms with E-state index in [0.717, 1.165) is 29.1 Å². The third-order valence-electron chi connectivity index (χ3n) is 3.82. The smallest absolute Gasteiger partial charge is 0.238 e. The van der Waals surface area contributed by atoms with Crippen molar-refractivity contribution in [2.24, 2.45) is 0 Å². The quantitative estimate of drug-likeness (QED) is 0.588. The first-order chi connectivity index (χ1) is 11.3. The minimum absolute atomic E-state index is 0.00140. The summed E-state index contributed by atoms with van der Waals surface area (Å²) in [5.74, 6) is 0.667. The van der Waals surface area contributed by atoms with Crippen LogP contribution in [-0.4, -0.2) is 33.2 Å². The fraction of sp³-hybridized carbons (Fsp3) is 0.353. The first-order valence-electron chi connectivity index (χ1n) is 7.62. The van der Waals surface area contributed by atoms with Gasteiger partial charge in [0.05, 0.1) is 4.88 Å². The Morgan fingerprint density at radius 2 is 2.13 bits per heavy atom. The zero-order valence-electron chi connectivity index (χ0n) is 12.7. The van der Waals surface area contributed by atoms with Crippen LogP contribution in [0.5, 0.6) is 0 Å². The summed E-state index contributed by atoms with van der Waals surface area (Å²) in [5.41, 5.74) is 2.24. The second-order valence-corrected chi connectivity index (χ2v) is 6.75. The van der Waals surface area contributed by atoms with E-state index in [0.29, 0.717) is 13.1 Å². The molecule has 1 amide bonds. The predicted octanol–water partition coefficient (Wildman–Crippen LogP) is 3.88. The van der Waals surface area contributed by atoms with E-state index in [9.17, 15) is 4.79 Å². The van der Waals surface area contributed by atoms with Crippen LogP contribution in [0.2, 0.25) is 0 Å². The summed E-state index contributed by atoms with van der Waals surface area (Å²) >= 11 is 7.36. The normalized spacial score (nSPS) is 13.9. The summed E-state index contributed by atoms with van der Waals surface area (Å²) in [4.78, 5) is 23.7. The van der Waals surface area contributed by atoms with Gasteiger partial charge in [0.2, 0.25) is 5.91 Å². The molecule has 0 aliphatic heterocycles. The minimum atomic E-state index is -0.0539. The summed E-state index contributed by atoms with van der Waals surface area (Å²) in [6, 6.07) is 3.98. The van der Waals surface area contributed by atoms with Gasteiger partial charge in [0, 0.05) is 31.0 Å². The van der Waals surface area contributed by atoms with Crippen LogP contribution in [0.4, 0.5) is 0 Å². The molecule has 120 valence electrons. The lowest BCUT2D eigenvalue weighted by atomic mass is 10.2. The Labute approximate surface area is 144 Å². The Morgan fingerprint density at radius 3 is 2.74 bits per heavy atom. The molecule has 1 aliphatic carbocycles. The second-order valence-electron chi connectivity index (χ2n) is 5.53. The van der Waals surface area contributed by atoms with E-state index in [1.807, 2.05) is 17.5 Å². The van der Waals surface area contributed by atoms with E-state index in [2.05, 4.69) is 16.0 Å². The van der Waals surface area contributed by atoms with E-state index in [4.69, 9.17) is 11.6 Å². The Balaban J connectivity index is 1.70. The van der Waals surface area contributed by atoms with E-state index in [1.165, 1.54) is 12.0 Å².